The highest BCUT2D eigenvalue weighted by atomic mass is 31.1. The van der Waals surface area contributed by atoms with Gasteiger partial charge < -0.3 is 0 Å². The predicted molar refractivity (Wildman–Crippen MR) is 109 cm³/mol. The van der Waals surface area contributed by atoms with Crippen molar-refractivity contribution in [1.29, 1.82) is 0 Å². The Hall–Kier alpha value is -0.350. The van der Waals surface area contributed by atoms with Crippen molar-refractivity contribution in [2.45, 2.75) is 103 Å². The van der Waals surface area contributed by atoms with E-state index >= 15 is 0 Å². The highest BCUT2D eigenvalue weighted by Crippen LogP contribution is 2.51. The van der Waals surface area contributed by atoms with Crippen LogP contribution in [0.4, 0.5) is 0 Å². The van der Waals surface area contributed by atoms with Gasteiger partial charge in [0.1, 0.15) is 0 Å². The zero-order valence-corrected chi connectivity index (χ0v) is 17.0. The second-order valence-corrected chi connectivity index (χ2v) is 9.65. The lowest BCUT2D eigenvalue weighted by atomic mass is 10.1. The van der Waals surface area contributed by atoms with Crippen LogP contribution in [0.1, 0.15) is 91.9 Å². The molecule has 0 saturated heterocycles. The smallest absolute Gasteiger partial charge is 0.0169 e. The molecule has 2 unspecified atom stereocenters. The highest BCUT2D eigenvalue weighted by molar-refractivity contribution is 7.67. The monoisotopic (exact) mass is 334 g/mol. The lowest BCUT2D eigenvalue weighted by Crippen LogP contribution is -2.22. The maximum atomic E-state index is 2.42. The molecule has 0 radical (unpaired) electrons. The van der Waals surface area contributed by atoms with E-state index in [0.29, 0.717) is 0 Å². The van der Waals surface area contributed by atoms with Crippen LogP contribution in [-0.2, 0) is 0 Å². The third-order valence-electron chi connectivity index (χ3n) is 5.07. The summed E-state index contributed by atoms with van der Waals surface area (Å²) in [5.41, 5.74) is 1.84. The Morgan fingerprint density at radius 1 is 0.696 bits per heavy atom. The average molecular weight is 335 g/mol. The molecule has 0 bridgehead atoms. The van der Waals surface area contributed by atoms with Crippen molar-refractivity contribution in [2.75, 3.05) is 0 Å². The molecule has 0 heterocycles. The number of benzene rings is 1. The van der Waals surface area contributed by atoms with E-state index in [1.807, 2.05) is 0 Å². The molecule has 132 valence electrons. The number of rotatable bonds is 13. The lowest BCUT2D eigenvalue weighted by molar-refractivity contribution is 0.605. The molecule has 1 rings (SSSR count). The van der Waals surface area contributed by atoms with Crippen molar-refractivity contribution >= 4 is 13.2 Å². The first-order chi connectivity index (χ1) is 11.3. The van der Waals surface area contributed by atoms with Gasteiger partial charge in [-0.05, 0) is 42.3 Å². The number of unbranched alkanes of at least 4 members (excludes halogenated alkanes) is 4. The van der Waals surface area contributed by atoms with E-state index in [1.165, 1.54) is 64.2 Å². The van der Waals surface area contributed by atoms with E-state index in [1.54, 1.807) is 5.30 Å². The van der Waals surface area contributed by atoms with Gasteiger partial charge in [-0.15, -0.1) is 0 Å². The predicted octanol–water partition coefficient (Wildman–Crippen LogP) is 7.51. The molecule has 0 aliphatic rings. The molecule has 2 atom stereocenters. The Labute approximate surface area is 147 Å². The molecular formula is C22H39P. The van der Waals surface area contributed by atoms with E-state index in [9.17, 15) is 0 Å². The molecule has 23 heavy (non-hydrogen) atoms. The van der Waals surface area contributed by atoms with E-state index in [0.717, 1.165) is 11.3 Å². The third-order valence-corrected chi connectivity index (χ3v) is 8.78. The summed E-state index contributed by atoms with van der Waals surface area (Å²) in [4.78, 5) is 0. The summed E-state index contributed by atoms with van der Waals surface area (Å²) in [6.07, 6.45) is 13.9. The molecule has 0 saturated carbocycles. The van der Waals surface area contributed by atoms with Gasteiger partial charge in [-0.2, -0.15) is 0 Å². The Balaban J connectivity index is 2.89. The molecule has 0 spiro atoms. The summed E-state index contributed by atoms with van der Waals surface area (Å²) >= 11 is 0. The molecule has 1 heteroatoms. The van der Waals surface area contributed by atoms with E-state index < -0.39 is 0 Å². The van der Waals surface area contributed by atoms with Crippen LogP contribution < -0.4 is 5.30 Å². The second-order valence-electron chi connectivity index (χ2n) is 6.86. The topological polar surface area (TPSA) is 0 Å². The van der Waals surface area contributed by atoms with Gasteiger partial charge in [-0.3, -0.25) is 0 Å². The van der Waals surface area contributed by atoms with Crippen molar-refractivity contribution < 1.29 is 0 Å². The fourth-order valence-electron chi connectivity index (χ4n) is 3.66. The summed E-state index contributed by atoms with van der Waals surface area (Å²) in [6.45, 7) is 9.49. The van der Waals surface area contributed by atoms with Gasteiger partial charge in [0.05, 0.1) is 0 Å². The van der Waals surface area contributed by atoms with Crippen LogP contribution in [0.2, 0.25) is 0 Å². The van der Waals surface area contributed by atoms with Crippen LogP contribution in [0, 0.1) is 0 Å². The molecule has 0 fully saturated rings. The summed E-state index contributed by atoms with van der Waals surface area (Å²) in [6, 6.07) is 11.5. The van der Waals surface area contributed by atoms with Crippen molar-refractivity contribution in [3.63, 3.8) is 0 Å². The fraction of sp³-hybridized carbons (Fsp3) is 0.727. The summed E-state index contributed by atoms with van der Waals surface area (Å²) in [7, 11) is -0.0161. The Kier molecular flexibility index (Phi) is 11.7. The van der Waals surface area contributed by atoms with Gasteiger partial charge in [-0.1, -0.05) is 104 Å². The van der Waals surface area contributed by atoms with Gasteiger partial charge in [0, 0.05) is 0 Å². The Bertz CT molecular complexity index is 355. The lowest BCUT2D eigenvalue weighted by Gasteiger charge is -2.34. The first kappa shape index (κ1) is 20.7. The van der Waals surface area contributed by atoms with Gasteiger partial charge in [0.15, 0.2) is 0 Å². The van der Waals surface area contributed by atoms with Crippen molar-refractivity contribution in [2.24, 2.45) is 0 Å². The fourth-order valence-corrected chi connectivity index (χ4v) is 7.32. The minimum absolute atomic E-state index is 0.0161. The molecule has 0 N–H and O–H groups in total. The summed E-state index contributed by atoms with van der Waals surface area (Å²) in [5, 5.41) is 1.66. The van der Waals surface area contributed by atoms with Crippen molar-refractivity contribution in [3.8, 4) is 0 Å². The molecule has 0 aromatic heterocycles. The van der Waals surface area contributed by atoms with Crippen LogP contribution in [0.5, 0.6) is 0 Å². The summed E-state index contributed by atoms with van der Waals surface area (Å²) in [5.74, 6) is 0. The van der Waals surface area contributed by atoms with Gasteiger partial charge in [0.25, 0.3) is 0 Å². The Morgan fingerprint density at radius 2 is 1.17 bits per heavy atom. The number of hydrogen-bond donors (Lipinski definition) is 0. The molecule has 0 nitrogen and oxygen atoms in total. The molecule has 0 aliphatic heterocycles. The van der Waals surface area contributed by atoms with Gasteiger partial charge in [0.2, 0.25) is 0 Å². The molecule has 1 aromatic rings. The molecule has 0 aliphatic carbocycles. The first-order valence-electron chi connectivity index (χ1n) is 10.1. The zero-order valence-electron chi connectivity index (χ0n) is 16.1. The van der Waals surface area contributed by atoms with Crippen LogP contribution in [0.3, 0.4) is 0 Å². The second kappa shape index (κ2) is 13.0. The van der Waals surface area contributed by atoms with Crippen LogP contribution in [0.25, 0.3) is 0 Å². The average Bonchev–Trinajstić information content (AvgIpc) is 2.60. The minimum atomic E-state index is -0.0161. The van der Waals surface area contributed by atoms with E-state index in [-0.39, 0.29) is 7.92 Å². The molecular weight excluding hydrogens is 295 g/mol. The standard InChI is InChI=1S/C22H39P/c1-5-9-12-16-20(7-3)23(22-18-14-11-15-19-22)21(8-4)17-13-10-6-2/h11,14-15,18-21H,5-10,12-13,16-17H2,1-4H3. The highest BCUT2D eigenvalue weighted by Gasteiger charge is 2.27. The van der Waals surface area contributed by atoms with Gasteiger partial charge >= 0.3 is 0 Å². The Morgan fingerprint density at radius 3 is 1.57 bits per heavy atom. The third kappa shape index (κ3) is 7.38. The zero-order chi connectivity index (χ0) is 16.9. The molecule has 1 aromatic carbocycles. The minimum Gasteiger partial charge on any atom is -0.0690 e. The first-order valence-corrected chi connectivity index (χ1v) is 11.6. The quantitative estimate of drug-likeness (QED) is 0.258. The van der Waals surface area contributed by atoms with E-state index in [2.05, 4.69) is 58.0 Å². The molecule has 0 amide bonds. The number of hydrogen-bond acceptors (Lipinski definition) is 0. The van der Waals surface area contributed by atoms with Crippen molar-refractivity contribution in [3.05, 3.63) is 30.3 Å². The SMILES string of the molecule is CCCCCC(CC)P(c1ccccc1)C(CC)CCCCC. The maximum Gasteiger partial charge on any atom is -0.0169 e. The van der Waals surface area contributed by atoms with Crippen LogP contribution in [0.15, 0.2) is 30.3 Å². The maximum absolute atomic E-state index is 2.42. The van der Waals surface area contributed by atoms with Crippen LogP contribution >= 0.6 is 7.92 Å². The van der Waals surface area contributed by atoms with E-state index in [4.69, 9.17) is 0 Å². The normalized spacial score (nSPS) is 15.3. The van der Waals surface area contributed by atoms with Crippen molar-refractivity contribution in [1.82, 2.24) is 0 Å². The van der Waals surface area contributed by atoms with Gasteiger partial charge in [-0.25, -0.2) is 0 Å². The largest absolute Gasteiger partial charge is 0.0690 e. The van der Waals surface area contributed by atoms with Crippen LogP contribution in [-0.4, -0.2) is 11.3 Å². The summed E-state index contributed by atoms with van der Waals surface area (Å²) < 4.78 is 0.